The van der Waals surface area contributed by atoms with Crippen molar-refractivity contribution >= 4 is 0 Å². The van der Waals surface area contributed by atoms with Gasteiger partial charge < -0.3 is 10.0 Å². The standard InChI is InChI=1S/C15H29NO/c1-16(2)15(11-7-3-4-8-12-15)14(17)13-9-5-6-10-13/h13-14,17H,3-12H2,1-2H3. The van der Waals surface area contributed by atoms with Gasteiger partial charge in [0.25, 0.3) is 0 Å². The molecule has 2 heteroatoms. The summed E-state index contributed by atoms with van der Waals surface area (Å²) in [4.78, 5) is 2.33. The third kappa shape index (κ3) is 2.68. The molecule has 0 aromatic rings. The molecule has 0 aromatic heterocycles. The summed E-state index contributed by atoms with van der Waals surface area (Å²) in [7, 11) is 4.34. The van der Waals surface area contributed by atoms with Gasteiger partial charge in [0.15, 0.2) is 0 Å². The zero-order valence-electron chi connectivity index (χ0n) is 11.6. The molecule has 0 heterocycles. The van der Waals surface area contributed by atoms with Gasteiger partial charge in [-0.25, -0.2) is 0 Å². The number of rotatable bonds is 3. The molecule has 17 heavy (non-hydrogen) atoms. The van der Waals surface area contributed by atoms with E-state index in [0.29, 0.717) is 5.92 Å². The molecule has 0 saturated heterocycles. The topological polar surface area (TPSA) is 23.5 Å². The van der Waals surface area contributed by atoms with Gasteiger partial charge in [0.05, 0.1) is 6.10 Å². The molecule has 0 amide bonds. The van der Waals surface area contributed by atoms with Gasteiger partial charge in [-0.15, -0.1) is 0 Å². The van der Waals surface area contributed by atoms with Crippen molar-refractivity contribution in [1.82, 2.24) is 4.90 Å². The number of hydrogen-bond acceptors (Lipinski definition) is 2. The van der Waals surface area contributed by atoms with Gasteiger partial charge in [-0.05, 0) is 45.7 Å². The lowest BCUT2D eigenvalue weighted by atomic mass is 9.77. The smallest absolute Gasteiger partial charge is 0.0751 e. The Morgan fingerprint density at radius 3 is 1.94 bits per heavy atom. The summed E-state index contributed by atoms with van der Waals surface area (Å²) >= 11 is 0. The summed E-state index contributed by atoms with van der Waals surface area (Å²) in [5.74, 6) is 0.565. The molecular weight excluding hydrogens is 210 g/mol. The molecule has 0 aromatic carbocycles. The minimum atomic E-state index is -0.0990. The molecule has 2 nitrogen and oxygen atoms in total. The van der Waals surface area contributed by atoms with Gasteiger partial charge in [0, 0.05) is 5.54 Å². The fraction of sp³-hybridized carbons (Fsp3) is 1.00. The van der Waals surface area contributed by atoms with Gasteiger partial charge in [0.1, 0.15) is 0 Å². The third-order valence-electron chi connectivity index (χ3n) is 5.26. The second-order valence-electron chi connectivity index (χ2n) is 6.40. The molecule has 2 aliphatic rings. The maximum Gasteiger partial charge on any atom is 0.0751 e. The molecule has 2 rings (SSSR count). The van der Waals surface area contributed by atoms with Crippen LogP contribution in [0.3, 0.4) is 0 Å². The second-order valence-corrected chi connectivity index (χ2v) is 6.40. The summed E-state index contributed by atoms with van der Waals surface area (Å²) in [6, 6.07) is 0. The van der Waals surface area contributed by atoms with Crippen molar-refractivity contribution in [2.24, 2.45) is 5.92 Å². The van der Waals surface area contributed by atoms with Crippen LogP contribution in [0.25, 0.3) is 0 Å². The van der Waals surface area contributed by atoms with E-state index in [4.69, 9.17) is 0 Å². The van der Waals surface area contributed by atoms with E-state index in [0.717, 1.165) is 0 Å². The molecule has 0 aliphatic heterocycles. The van der Waals surface area contributed by atoms with Crippen molar-refractivity contribution in [2.45, 2.75) is 75.9 Å². The van der Waals surface area contributed by atoms with Crippen LogP contribution in [0.15, 0.2) is 0 Å². The van der Waals surface area contributed by atoms with Crippen molar-refractivity contribution < 1.29 is 5.11 Å². The number of nitrogens with zero attached hydrogens (tertiary/aromatic N) is 1. The Balaban J connectivity index is 2.13. The lowest BCUT2D eigenvalue weighted by Gasteiger charge is -2.45. The SMILES string of the molecule is CN(C)C1(C(O)C2CCCC2)CCCCCC1. The summed E-state index contributed by atoms with van der Waals surface area (Å²) in [6.45, 7) is 0. The molecule has 0 radical (unpaired) electrons. The van der Waals surface area contributed by atoms with Crippen LogP contribution in [0.2, 0.25) is 0 Å². The highest BCUT2D eigenvalue weighted by atomic mass is 16.3. The minimum Gasteiger partial charge on any atom is -0.391 e. The quantitative estimate of drug-likeness (QED) is 0.765. The Morgan fingerprint density at radius 1 is 0.941 bits per heavy atom. The number of aliphatic hydroxyl groups excluding tert-OH is 1. The van der Waals surface area contributed by atoms with E-state index in [1.807, 2.05) is 0 Å². The maximum absolute atomic E-state index is 10.9. The summed E-state index contributed by atoms with van der Waals surface area (Å²) in [6.07, 6.45) is 12.7. The number of aliphatic hydroxyl groups is 1. The van der Waals surface area contributed by atoms with Crippen LogP contribution in [0.1, 0.15) is 64.2 Å². The first-order valence-corrected chi connectivity index (χ1v) is 7.52. The summed E-state index contributed by atoms with van der Waals surface area (Å²) < 4.78 is 0. The molecule has 2 saturated carbocycles. The summed E-state index contributed by atoms with van der Waals surface area (Å²) in [5, 5.41) is 10.9. The molecule has 1 atom stereocenters. The molecular formula is C15H29NO. The zero-order chi connectivity index (χ0) is 12.3. The Hall–Kier alpha value is -0.0800. The van der Waals surface area contributed by atoms with Crippen LogP contribution >= 0.6 is 0 Å². The van der Waals surface area contributed by atoms with Crippen LogP contribution in [0, 0.1) is 5.92 Å². The maximum atomic E-state index is 10.9. The van der Waals surface area contributed by atoms with E-state index in [-0.39, 0.29) is 11.6 Å². The van der Waals surface area contributed by atoms with Gasteiger partial charge in [0.2, 0.25) is 0 Å². The van der Waals surface area contributed by atoms with Crippen LogP contribution in [0.4, 0.5) is 0 Å². The monoisotopic (exact) mass is 239 g/mol. The number of likely N-dealkylation sites (N-methyl/N-ethyl adjacent to an activating group) is 1. The fourth-order valence-electron chi connectivity index (χ4n) is 4.06. The second kappa shape index (κ2) is 5.71. The largest absolute Gasteiger partial charge is 0.391 e. The van der Waals surface area contributed by atoms with Crippen LogP contribution in [-0.4, -0.2) is 35.7 Å². The molecule has 1 N–H and O–H groups in total. The normalized spacial score (nSPS) is 28.2. The van der Waals surface area contributed by atoms with Crippen LogP contribution in [0.5, 0.6) is 0 Å². The van der Waals surface area contributed by atoms with Gasteiger partial charge in [-0.1, -0.05) is 38.5 Å². The highest BCUT2D eigenvalue weighted by Gasteiger charge is 2.44. The first-order chi connectivity index (χ1) is 8.17. The zero-order valence-corrected chi connectivity index (χ0v) is 11.6. The Morgan fingerprint density at radius 2 is 1.47 bits per heavy atom. The summed E-state index contributed by atoms with van der Waals surface area (Å²) in [5.41, 5.74) is 0.0749. The molecule has 0 spiro atoms. The lowest BCUT2D eigenvalue weighted by molar-refractivity contribution is -0.0496. The molecule has 100 valence electrons. The predicted molar refractivity (Wildman–Crippen MR) is 72.1 cm³/mol. The van der Waals surface area contributed by atoms with E-state index < -0.39 is 0 Å². The fourth-order valence-corrected chi connectivity index (χ4v) is 4.06. The molecule has 2 fully saturated rings. The third-order valence-corrected chi connectivity index (χ3v) is 5.26. The van der Waals surface area contributed by atoms with Crippen molar-refractivity contribution in [3.05, 3.63) is 0 Å². The first-order valence-electron chi connectivity index (χ1n) is 7.52. The number of hydrogen-bond donors (Lipinski definition) is 1. The Kier molecular flexibility index (Phi) is 4.48. The first kappa shape index (κ1) is 13.4. The Labute approximate surface area is 106 Å². The van der Waals surface area contributed by atoms with Gasteiger partial charge >= 0.3 is 0 Å². The average molecular weight is 239 g/mol. The van der Waals surface area contributed by atoms with E-state index in [9.17, 15) is 5.11 Å². The van der Waals surface area contributed by atoms with Gasteiger partial charge in [-0.3, -0.25) is 0 Å². The van der Waals surface area contributed by atoms with Gasteiger partial charge in [-0.2, -0.15) is 0 Å². The van der Waals surface area contributed by atoms with E-state index in [1.165, 1.54) is 64.2 Å². The lowest BCUT2D eigenvalue weighted by Crippen LogP contribution is -2.55. The predicted octanol–water partition coefficient (Wildman–Crippen LogP) is 3.19. The highest BCUT2D eigenvalue weighted by Crippen LogP contribution is 2.41. The van der Waals surface area contributed by atoms with Crippen molar-refractivity contribution in [1.29, 1.82) is 0 Å². The molecule has 2 aliphatic carbocycles. The van der Waals surface area contributed by atoms with E-state index in [1.54, 1.807) is 0 Å². The molecule has 0 bridgehead atoms. The van der Waals surface area contributed by atoms with Crippen LogP contribution < -0.4 is 0 Å². The highest BCUT2D eigenvalue weighted by molar-refractivity contribution is 4.99. The van der Waals surface area contributed by atoms with Crippen molar-refractivity contribution in [2.75, 3.05) is 14.1 Å². The van der Waals surface area contributed by atoms with E-state index >= 15 is 0 Å². The minimum absolute atomic E-state index is 0.0749. The average Bonchev–Trinajstić information content (AvgIpc) is 2.72. The Bertz CT molecular complexity index is 225. The van der Waals surface area contributed by atoms with E-state index in [2.05, 4.69) is 19.0 Å². The van der Waals surface area contributed by atoms with Crippen molar-refractivity contribution in [3.63, 3.8) is 0 Å². The van der Waals surface area contributed by atoms with Crippen molar-refractivity contribution in [3.8, 4) is 0 Å². The molecule has 1 unspecified atom stereocenters. The van der Waals surface area contributed by atoms with Crippen LogP contribution in [-0.2, 0) is 0 Å².